The molecule has 2 rings (SSSR count). The van der Waals surface area contributed by atoms with E-state index < -0.39 is 17.9 Å². The van der Waals surface area contributed by atoms with Gasteiger partial charge in [-0.25, -0.2) is 4.79 Å². The molecule has 1 amide bonds. The molecule has 0 bridgehead atoms. The number of aromatic nitrogens is 1. The van der Waals surface area contributed by atoms with Crippen LogP contribution >= 0.6 is 0 Å². The lowest BCUT2D eigenvalue weighted by molar-refractivity contribution is -0.140. The molecule has 2 aromatic rings. The van der Waals surface area contributed by atoms with E-state index in [2.05, 4.69) is 10.3 Å². The summed E-state index contributed by atoms with van der Waals surface area (Å²) >= 11 is 0. The first-order valence-electron chi connectivity index (χ1n) is 7.40. The van der Waals surface area contributed by atoms with Crippen molar-refractivity contribution in [3.8, 4) is 5.75 Å². The Morgan fingerprint density at radius 2 is 2.04 bits per heavy atom. The molecule has 0 spiro atoms. The second-order valence-electron chi connectivity index (χ2n) is 6.73. The van der Waals surface area contributed by atoms with Crippen LogP contribution in [0.3, 0.4) is 0 Å². The van der Waals surface area contributed by atoms with Gasteiger partial charge in [-0.1, -0.05) is 26.8 Å². The highest BCUT2D eigenvalue weighted by molar-refractivity contribution is 6.00. The van der Waals surface area contributed by atoms with Crippen molar-refractivity contribution in [1.29, 1.82) is 0 Å². The summed E-state index contributed by atoms with van der Waals surface area (Å²) in [6, 6.07) is 6.19. The maximum Gasteiger partial charge on any atom is 0.326 e. The number of methoxy groups -OCH3 is 1. The van der Waals surface area contributed by atoms with Crippen LogP contribution in [0.2, 0.25) is 0 Å². The average Bonchev–Trinajstić information content (AvgIpc) is 2.88. The smallest absolute Gasteiger partial charge is 0.326 e. The van der Waals surface area contributed by atoms with Crippen LogP contribution < -0.4 is 10.1 Å². The molecular formula is C17H22N2O4. The Morgan fingerprint density at radius 3 is 2.61 bits per heavy atom. The summed E-state index contributed by atoms with van der Waals surface area (Å²) in [5, 5.41) is 12.7. The molecular weight excluding hydrogens is 296 g/mol. The number of nitrogens with one attached hydrogen (secondary N) is 2. The number of amides is 1. The van der Waals surface area contributed by atoms with Crippen molar-refractivity contribution >= 4 is 22.8 Å². The summed E-state index contributed by atoms with van der Waals surface area (Å²) in [6.07, 6.45) is 0.345. The molecule has 0 unspecified atom stereocenters. The van der Waals surface area contributed by atoms with Crippen LogP contribution in [0.4, 0.5) is 0 Å². The Labute approximate surface area is 134 Å². The first-order valence-corrected chi connectivity index (χ1v) is 7.40. The van der Waals surface area contributed by atoms with Gasteiger partial charge in [0.1, 0.15) is 17.5 Å². The van der Waals surface area contributed by atoms with E-state index in [9.17, 15) is 14.7 Å². The predicted octanol–water partition coefficient (Wildman–Crippen LogP) is 2.80. The van der Waals surface area contributed by atoms with E-state index in [0.29, 0.717) is 17.9 Å². The van der Waals surface area contributed by atoms with Gasteiger partial charge in [-0.05, 0) is 30.0 Å². The van der Waals surface area contributed by atoms with E-state index >= 15 is 0 Å². The van der Waals surface area contributed by atoms with Gasteiger partial charge < -0.3 is 20.1 Å². The highest BCUT2D eigenvalue weighted by Gasteiger charge is 2.27. The molecule has 0 aliphatic carbocycles. The van der Waals surface area contributed by atoms with E-state index in [0.717, 1.165) is 10.9 Å². The maximum absolute atomic E-state index is 12.4. The average molecular weight is 318 g/mol. The van der Waals surface area contributed by atoms with Crippen LogP contribution in [0.25, 0.3) is 10.9 Å². The Bertz CT molecular complexity index is 728. The molecule has 1 aromatic heterocycles. The Kier molecular flexibility index (Phi) is 4.63. The van der Waals surface area contributed by atoms with Crippen molar-refractivity contribution in [3.63, 3.8) is 0 Å². The molecule has 1 atom stereocenters. The van der Waals surface area contributed by atoms with Gasteiger partial charge in [-0.15, -0.1) is 0 Å². The van der Waals surface area contributed by atoms with E-state index in [1.807, 2.05) is 32.9 Å². The van der Waals surface area contributed by atoms with Gasteiger partial charge >= 0.3 is 5.97 Å². The summed E-state index contributed by atoms with van der Waals surface area (Å²) in [6.45, 7) is 5.80. The topological polar surface area (TPSA) is 91.4 Å². The van der Waals surface area contributed by atoms with Gasteiger partial charge in [-0.2, -0.15) is 0 Å². The molecule has 124 valence electrons. The number of rotatable bonds is 5. The number of hydrogen-bond donors (Lipinski definition) is 3. The number of carboxylic acid groups (broad SMARTS) is 1. The number of carbonyl (C=O) groups excluding carboxylic acids is 1. The number of H-pyrrole nitrogens is 1. The van der Waals surface area contributed by atoms with E-state index in [1.54, 1.807) is 19.2 Å². The molecule has 0 saturated heterocycles. The highest BCUT2D eigenvalue weighted by Crippen LogP contribution is 2.26. The molecule has 3 N–H and O–H groups in total. The lowest BCUT2D eigenvalue weighted by Gasteiger charge is -2.23. The van der Waals surface area contributed by atoms with Gasteiger partial charge in [0.15, 0.2) is 0 Å². The lowest BCUT2D eigenvalue weighted by atomic mass is 9.88. The summed E-state index contributed by atoms with van der Waals surface area (Å²) in [7, 11) is 1.56. The Morgan fingerprint density at radius 1 is 1.35 bits per heavy atom. The fourth-order valence-corrected chi connectivity index (χ4v) is 2.48. The summed E-state index contributed by atoms with van der Waals surface area (Å²) in [4.78, 5) is 26.7. The SMILES string of the molecule is COc1cccc2[nH]c(C(=O)N[C@@H](CC(C)(C)C)C(=O)O)cc12. The molecule has 0 radical (unpaired) electrons. The fraction of sp³-hybridized carbons (Fsp3) is 0.412. The molecule has 6 nitrogen and oxygen atoms in total. The van der Waals surface area contributed by atoms with E-state index in [1.165, 1.54) is 0 Å². The quantitative estimate of drug-likeness (QED) is 0.790. The Hall–Kier alpha value is -2.50. The molecule has 6 heteroatoms. The van der Waals surface area contributed by atoms with E-state index in [4.69, 9.17) is 4.74 Å². The summed E-state index contributed by atoms with van der Waals surface area (Å²) in [5.74, 6) is -0.829. The minimum Gasteiger partial charge on any atom is -0.496 e. The van der Waals surface area contributed by atoms with Crippen molar-refractivity contribution in [2.45, 2.75) is 33.2 Å². The Balaban J connectivity index is 2.24. The first-order chi connectivity index (χ1) is 10.7. The van der Waals surface area contributed by atoms with Crippen LogP contribution in [0.15, 0.2) is 24.3 Å². The van der Waals surface area contributed by atoms with Gasteiger partial charge in [0, 0.05) is 10.9 Å². The third-order valence-corrected chi connectivity index (χ3v) is 3.51. The number of carboxylic acids is 1. The fourth-order valence-electron chi connectivity index (χ4n) is 2.48. The number of hydrogen-bond acceptors (Lipinski definition) is 3. The normalized spacial score (nSPS) is 12.9. The third-order valence-electron chi connectivity index (χ3n) is 3.51. The van der Waals surface area contributed by atoms with E-state index in [-0.39, 0.29) is 5.41 Å². The number of ether oxygens (including phenoxy) is 1. The van der Waals surface area contributed by atoms with Crippen molar-refractivity contribution in [3.05, 3.63) is 30.0 Å². The number of carbonyl (C=O) groups is 2. The van der Waals surface area contributed by atoms with Crippen LogP contribution in [0, 0.1) is 5.41 Å². The highest BCUT2D eigenvalue weighted by atomic mass is 16.5. The lowest BCUT2D eigenvalue weighted by Crippen LogP contribution is -2.43. The molecule has 1 heterocycles. The summed E-state index contributed by atoms with van der Waals surface area (Å²) in [5.41, 5.74) is 0.863. The zero-order chi connectivity index (χ0) is 17.2. The predicted molar refractivity (Wildman–Crippen MR) is 87.8 cm³/mol. The third kappa shape index (κ3) is 4.03. The zero-order valence-electron chi connectivity index (χ0n) is 13.8. The summed E-state index contributed by atoms with van der Waals surface area (Å²) < 4.78 is 5.26. The van der Waals surface area contributed by atoms with Crippen LogP contribution in [0.1, 0.15) is 37.7 Å². The second-order valence-corrected chi connectivity index (χ2v) is 6.73. The second kappa shape index (κ2) is 6.32. The van der Waals surface area contributed by atoms with Crippen LogP contribution in [0.5, 0.6) is 5.75 Å². The largest absolute Gasteiger partial charge is 0.496 e. The number of aliphatic carboxylic acids is 1. The molecule has 1 aromatic carbocycles. The molecule has 0 saturated carbocycles. The number of benzene rings is 1. The molecule has 0 fully saturated rings. The maximum atomic E-state index is 12.4. The standard InChI is InChI=1S/C17H22N2O4/c1-17(2,3)9-13(16(21)22)19-15(20)12-8-10-11(18-12)6-5-7-14(10)23-4/h5-8,13,18H,9H2,1-4H3,(H,19,20)(H,21,22)/t13-/m0/s1. The zero-order valence-corrected chi connectivity index (χ0v) is 13.8. The monoisotopic (exact) mass is 318 g/mol. The number of fused-ring (bicyclic) bond motifs is 1. The van der Waals surface area contributed by atoms with Gasteiger partial charge in [0.2, 0.25) is 0 Å². The number of aromatic amines is 1. The van der Waals surface area contributed by atoms with Crippen LogP contribution in [-0.2, 0) is 4.79 Å². The minimum atomic E-state index is -1.04. The van der Waals surface area contributed by atoms with Gasteiger partial charge in [-0.3, -0.25) is 4.79 Å². The molecule has 0 aliphatic rings. The molecule has 23 heavy (non-hydrogen) atoms. The minimum absolute atomic E-state index is 0.208. The van der Waals surface area contributed by atoms with Gasteiger partial charge in [0.05, 0.1) is 7.11 Å². The van der Waals surface area contributed by atoms with Crippen molar-refractivity contribution in [1.82, 2.24) is 10.3 Å². The van der Waals surface area contributed by atoms with Crippen molar-refractivity contribution in [2.75, 3.05) is 7.11 Å². The van der Waals surface area contributed by atoms with Crippen molar-refractivity contribution in [2.24, 2.45) is 5.41 Å². The van der Waals surface area contributed by atoms with Crippen molar-refractivity contribution < 1.29 is 19.4 Å². The van der Waals surface area contributed by atoms with Gasteiger partial charge in [0.25, 0.3) is 5.91 Å². The first kappa shape index (κ1) is 16.9. The van der Waals surface area contributed by atoms with Crippen LogP contribution in [-0.4, -0.2) is 35.1 Å². The molecule has 0 aliphatic heterocycles.